The quantitative estimate of drug-likeness (QED) is 0.735. The number of aliphatic imine (C=N–C) groups is 1. The van der Waals surface area contributed by atoms with Crippen molar-refractivity contribution in [3.05, 3.63) is 77.6 Å². The van der Waals surface area contributed by atoms with Gasteiger partial charge in [0.1, 0.15) is 17.8 Å². The Balaban J connectivity index is 1.82. The van der Waals surface area contributed by atoms with Crippen molar-refractivity contribution in [2.24, 2.45) is 10.7 Å². The molecule has 0 fully saturated rings. The summed E-state index contributed by atoms with van der Waals surface area (Å²) in [6.45, 7) is 0. The van der Waals surface area contributed by atoms with Crippen molar-refractivity contribution in [3.63, 3.8) is 0 Å². The zero-order valence-electron chi connectivity index (χ0n) is 14.5. The number of benzene rings is 2. The molecule has 0 aliphatic carbocycles. The first-order valence-corrected chi connectivity index (χ1v) is 8.27. The lowest BCUT2D eigenvalue weighted by molar-refractivity contribution is 0.0697. The van der Waals surface area contributed by atoms with E-state index >= 15 is 0 Å². The van der Waals surface area contributed by atoms with Gasteiger partial charge in [-0.15, -0.1) is 0 Å². The number of carboxylic acids is 1. The predicted octanol–water partition coefficient (Wildman–Crippen LogP) is 3.54. The molecule has 2 heterocycles. The van der Waals surface area contributed by atoms with Gasteiger partial charge in [0.15, 0.2) is 0 Å². The van der Waals surface area contributed by atoms with Gasteiger partial charge in [0.25, 0.3) is 0 Å². The molecular formula is C20H17N3O4. The largest absolute Gasteiger partial charge is 0.497 e. The van der Waals surface area contributed by atoms with Crippen LogP contribution in [0.1, 0.15) is 27.7 Å². The highest BCUT2D eigenvalue weighted by Gasteiger charge is 2.31. The topological polar surface area (TPSA) is 101 Å². The van der Waals surface area contributed by atoms with Crippen molar-refractivity contribution in [1.82, 2.24) is 0 Å². The Morgan fingerprint density at radius 2 is 1.85 bits per heavy atom. The number of methoxy groups -OCH3 is 1. The number of furan rings is 1. The smallest absolute Gasteiger partial charge is 0.335 e. The number of nitrogens with zero attached hydrogens (tertiary/aromatic N) is 2. The number of aromatic carboxylic acids is 1. The van der Waals surface area contributed by atoms with Crippen molar-refractivity contribution >= 4 is 23.4 Å². The number of carbonyl (C=O) groups is 1. The number of fused-ring (bicyclic) bond motifs is 1. The second kappa shape index (κ2) is 6.62. The molecule has 3 N–H and O–H groups in total. The van der Waals surface area contributed by atoms with Crippen molar-refractivity contribution in [2.45, 2.75) is 6.17 Å². The molecule has 27 heavy (non-hydrogen) atoms. The van der Waals surface area contributed by atoms with E-state index in [4.69, 9.17) is 20.0 Å². The summed E-state index contributed by atoms with van der Waals surface area (Å²) >= 11 is 0. The van der Waals surface area contributed by atoms with Gasteiger partial charge in [0.05, 0.1) is 24.5 Å². The van der Waals surface area contributed by atoms with E-state index in [1.54, 1.807) is 31.6 Å². The standard InChI is InChI=1S/C20H17N3O4/c1-26-15-8-6-14(7-9-15)23-17(21)16-10-11-27-19(16)22-18(23)12-2-4-13(5-3-12)20(24)25/h2-11,17H,21H2,1H3,(H,24,25). The number of nitrogens with two attached hydrogens (primary N) is 1. The van der Waals surface area contributed by atoms with Gasteiger partial charge in [-0.25, -0.2) is 4.79 Å². The summed E-state index contributed by atoms with van der Waals surface area (Å²) < 4.78 is 10.7. The fourth-order valence-electron chi connectivity index (χ4n) is 3.04. The van der Waals surface area contributed by atoms with Gasteiger partial charge in [-0.2, -0.15) is 4.99 Å². The summed E-state index contributed by atoms with van der Waals surface area (Å²) in [4.78, 5) is 17.6. The number of rotatable bonds is 4. The average molecular weight is 363 g/mol. The van der Waals surface area contributed by atoms with Crippen LogP contribution >= 0.6 is 0 Å². The lowest BCUT2D eigenvalue weighted by atomic mass is 10.1. The molecule has 3 aromatic rings. The molecule has 1 aromatic heterocycles. The van der Waals surface area contributed by atoms with Crippen LogP contribution in [0.2, 0.25) is 0 Å². The number of ether oxygens (including phenoxy) is 1. The first-order chi connectivity index (χ1) is 13.1. The molecule has 7 nitrogen and oxygen atoms in total. The molecule has 1 atom stereocenters. The van der Waals surface area contributed by atoms with E-state index in [9.17, 15) is 4.79 Å². The van der Waals surface area contributed by atoms with E-state index in [1.165, 1.54) is 12.1 Å². The van der Waals surface area contributed by atoms with Crippen LogP contribution in [-0.2, 0) is 0 Å². The fourth-order valence-corrected chi connectivity index (χ4v) is 3.04. The molecule has 0 bridgehead atoms. The number of anilines is 1. The molecule has 136 valence electrons. The van der Waals surface area contributed by atoms with Crippen molar-refractivity contribution in [3.8, 4) is 5.75 Å². The highest BCUT2D eigenvalue weighted by Crippen LogP contribution is 2.37. The van der Waals surface area contributed by atoms with Gasteiger partial charge in [-0.3, -0.25) is 0 Å². The van der Waals surface area contributed by atoms with Crippen LogP contribution in [0.3, 0.4) is 0 Å². The molecule has 0 spiro atoms. The van der Waals surface area contributed by atoms with Gasteiger partial charge in [-0.05, 0) is 42.5 Å². The molecule has 1 aliphatic heterocycles. The molecule has 1 unspecified atom stereocenters. The Morgan fingerprint density at radius 3 is 2.48 bits per heavy atom. The van der Waals surface area contributed by atoms with Crippen molar-refractivity contribution < 1.29 is 19.1 Å². The molecule has 2 aromatic carbocycles. The third kappa shape index (κ3) is 2.94. The Bertz CT molecular complexity index is 1010. The van der Waals surface area contributed by atoms with E-state index in [1.807, 2.05) is 29.2 Å². The summed E-state index contributed by atoms with van der Waals surface area (Å²) in [6.07, 6.45) is 1.05. The molecular weight excluding hydrogens is 346 g/mol. The summed E-state index contributed by atoms with van der Waals surface area (Å²) in [5.74, 6) is 0.776. The first kappa shape index (κ1) is 16.9. The summed E-state index contributed by atoms with van der Waals surface area (Å²) in [6, 6.07) is 15.8. The summed E-state index contributed by atoms with van der Waals surface area (Å²) in [5, 5.41) is 9.12. The number of hydrogen-bond acceptors (Lipinski definition) is 6. The highest BCUT2D eigenvalue weighted by atomic mass is 16.5. The van der Waals surface area contributed by atoms with Gasteiger partial charge < -0.3 is 24.9 Å². The third-order valence-electron chi connectivity index (χ3n) is 4.45. The monoisotopic (exact) mass is 363 g/mol. The Hall–Kier alpha value is -3.58. The molecule has 0 radical (unpaired) electrons. The maximum Gasteiger partial charge on any atom is 0.335 e. The molecule has 0 saturated heterocycles. The molecule has 0 saturated carbocycles. The fraction of sp³-hybridized carbons (Fsp3) is 0.100. The van der Waals surface area contributed by atoms with Gasteiger partial charge >= 0.3 is 5.97 Å². The maximum absolute atomic E-state index is 11.1. The van der Waals surface area contributed by atoms with Gasteiger partial charge in [0, 0.05) is 11.3 Å². The number of carboxylic acid groups (broad SMARTS) is 1. The first-order valence-electron chi connectivity index (χ1n) is 8.27. The molecule has 7 heteroatoms. The normalized spacial score (nSPS) is 15.9. The van der Waals surface area contributed by atoms with E-state index in [0.29, 0.717) is 11.7 Å². The van der Waals surface area contributed by atoms with Crippen LogP contribution in [0.4, 0.5) is 11.6 Å². The average Bonchev–Trinajstić information content (AvgIpc) is 3.17. The maximum atomic E-state index is 11.1. The van der Waals surface area contributed by atoms with E-state index in [2.05, 4.69) is 4.99 Å². The minimum absolute atomic E-state index is 0.203. The van der Waals surface area contributed by atoms with Crippen LogP contribution in [0, 0.1) is 0 Å². The summed E-state index contributed by atoms with van der Waals surface area (Å²) in [5.41, 5.74) is 9.04. The third-order valence-corrected chi connectivity index (χ3v) is 4.45. The zero-order chi connectivity index (χ0) is 19.0. The minimum Gasteiger partial charge on any atom is -0.497 e. The van der Waals surface area contributed by atoms with E-state index in [-0.39, 0.29) is 5.56 Å². The van der Waals surface area contributed by atoms with E-state index < -0.39 is 12.1 Å². The number of amidine groups is 1. The molecule has 4 rings (SSSR count). The molecule has 1 aliphatic rings. The Morgan fingerprint density at radius 1 is 1.15 bits per heavy atom. The van der Waals surface area contributed by atoms with Crippen LogP contribution in [0.5, 0.6) is 5.75 Å². The Labute approximate surface area is 155 Å². The predicted molar refractivity (Wildman–Crippen MR) is 101 cm³/mol. The zero-order valence-corrected chi connectivity index (χ0v) is 14.5. The van der Waals surface area contributed by atoms with Crippen molar-refractivity contribution in [2.75, 3.05) is 12.0 Å². The minimum atomic E-state index is -0.982. The van der Waals surface area contributed by atoms with Crippen LogP contribution < -0.4 is 15.4 Å². The lowest BCUT2D eigenvalue weighted by Crippen LogP contribution is -2.41. The lowest BCUT2D eigenvalue weighted by Gasteiger charge is -2.34. The number of hydrogen-bond donors (Lipinski definition) is 2. The summed E-state index contributed by atoms with van der Waals surface area (Å²) in [7, 11) is 1.61. The van der Waals surface area contributed by atoms with Crippen LogP contribution in [-0.4, -0.2) is 24.0 Å². The van der Waals surface area contributed by atoms with Crippen LogP contribution in [0.15, 0.2) is 70.3 Å². The Kier molecular flexibility index (Phi) is 4.13. The molecule has 0 amide bonds. The van der Waals surface area contributed by atoms with Crippen LogP contribution in [0.25, 0.3) is 0 Å². The second-order valence-corrected chi connectivity index (χ2v) is 6.01. The van der Waals surface area contributed by atoms with E-state index in [0.717, 1.165) is 22.6 Å². The second-order valence-electron chi connectivity index (χ2n) is 6.01. The highest BCUT2D eigenvalue weighted by molar-refractivity contribution is 6.12. The van der Waals surface area contributed by atoms with Gasteiger partial charge in [0.2, 0.25) is 5.88 Å². The van der Waals surface area contributed by atoms with Gasteiger partial charge in [-0.1, -0.05) is 12.1 Å². The SMILES string of the molecule is COc1ccc(N2C(c3ccc(C(=O)O)cc3)=Nc3occc3C2N)cc1. The van der Waals surface area contributed by atoms with Crippen molar-refractivity contribution in [1.29, 1.82) is 0 Å².